The van der Waals surface area contributed by atoms with Crippen LogP contribution >= 0.6 is 0 Å². The van der Waals surface area contributed by atoms with Crippen LogP contribution in [0.15, 0.2) is 109 Å². The molecule has 0 spiro atoms. The van der Waals surface area contributed by atoms with E-state index in [-0.39, 0.29) is 36.5 Å². The van der Waals surface area contributed by atoms with Crippen molar-refractivity contribution in [3.63, 3.8) is 0 Å². The fraction of sp³-hybridized carbons (Fsp3) is 0.263. The van der Waals surface area contributed by atoms with Gasteiger partial charge < -0.3 is 25.4 Å². The summed E-state index contributed by atoms with van der Waals surface area (Å²) < 4.78 is 10.0. The molecule has 10 nitrogen and oxygen atoms in total. The standard InChI is InChI=1S/C17H17NO2.C14H13NO4.C7H9NO/c1-20-14-9-7-13(8-10-14)18-17(19)16-11-15(16)12-5-3-2-4-6-12;16-12-6-7-13(17)15(12)19-14(18)11-8-10(11)9-4-2-1-3-5-9;1-9-7-4-2-6(8)3-5-7/h2-10,15-16H,11H2,1H3,(H,18,19);1-5,10-11H,6-8H2;2-5H,8H2,1H3. The molecule has 3 aliphatic rings. The Kier molecular flexibility index (Phi) is 11.1. The lowest BCUT2D eigenvalue weighted by Crippen LogP contribution is -2.32. The van der Waals surface area contributed by atoms with E-state index in [9.17, 15) is 19.2 Å². The summed E-state index contributed by atoms with van der Waals surface area (Å²) in [5, 5.41) is 3.57. The second-order valence-electron chi connectivity index (χ2n) is 11.7. The lowest BCUT2D eigenvalue weighted by molar-refractivity contribution is -0.198. The van der Waals surface area contributed by atoms with Crippen LogP contribution in [0.4, 0.5) is 11.4 Å². The zero-order chi connectivity index (χ0) is 34.0. The number of methoxy groups -OCH3 is 2. The summed E-state index contributed by atoms with van der Waals surface area (Å²) >= 11 is 0. The van der Waals surface area contributed by atoms with E-state index in [1.165, 1.54) is 5.56 Å². The summed E-state index contributed by atoms with van der Waals surface area (Å²) in [7, 11) is 3.26. The predicted octanol–water partition coefficient (Wildman–Crippen LogP) is 6.11. The van der Waals surface area contributed by atoms with Crippen molar-refractivity contribution >= 4 is 35.1 Å². The van der Waals surface area contributed by atoms with E-state index >= 15 is 0 Å². The Labute approximate surface area is 279 Å². The average molecular weight is 650 g/mol. The number of amides is 3. The molecule has 0 bridgehead atoms. The number of nitrogens with one attached hydrogen (secondary N) is 1. The molecule has 7 rings (SSSR count). The molecule has 4 aromatic carbocycles. The van der Waals surface area contributed by atoms with Crippen molar-refractivity contribution in [1.29, 1.82) is 0 Å². The molecule has 0 aromatic heterocycles. The number of nitrogen functional groups attached to an aromatic ring is 1. The van der Waals surface area contributed by atoms with Crippen LogP contribution in [0.3, 0.4) is 0 Å². The monoisotopic (exact) mass is 649 g/mol. The smallest absolute Gasteiger partial charge is 0.336 e. The predicted molar refractivity (Wildman–Crippen MR) is 181 cm³/mol. The van der Waals surface area contributed by atoms with Crippen molar-refractivity contribution in [2.75, 3.05) is 25.3 Å². The Bertz CT molecular complexity index is 1680. The van der Waals surface area contributed by atoms with E-state index in [2.05, 4.69) is 17.4 Å². The third-order valence-electron chi connectivity index (χ3n) is 8.34. The van der Waals surface area contributed by atoms with E-state index in [4.69, 9.17) is 20.0 Å². The molecule has 248 valence electrons. The molecule has 3 fully saturated rings. The third kappa shape index (κ3) is 9.00. The van der Waals surface area contributed by atoms with Crippen LogP contribution in [-0.2, 0) is 24.0 Å². The van der Waals surface area contributed by atoms with Gasteiger partial charge >= 0.3 is 5.97 Å². The maximum atomic E-state index is 12.2. The van der Waals surface area contributed by atoms with Crippen molar-refractivity contribution in [2.24, 2.45) is 11.8 Å². The lowest BCUT2D eigenvalue weighted by Gasteiger charge is -2.12. The number of carbonyl (C=O) groups excluding carboxylic acids is 4. The summed E-state index contributed by atoms with van der Waals surface area (Å²) in [5.41, 5.74) is 9.34. The molecule has 0 radical (unpaired) electrons. The third-order valence-corrected chi connectivity index (χ3v) is 8.34. The van der Waals surface area contributed by atoms with Crippen molar-refractivity contribution in [1.82, 2.24) is 5.06 Å². The maximum absolute atomic E-state index is 12.2. The van der Waals surface area contributed by atoms with Crippen LogP contribution in [-0.4, -0.2) is 43.0 Å². The van der Waals surface area contributed by atoms with Gasteiger partial charge in [0.25, 0.3) is 11.8 Å². The fourth-order valence-electron chi connectivity index (χ4n) is 5.41. The Morgan fingerprint density at radius 1 is 0.667 bits per heavy atom. The van der Waals surface area contributed by atoms with Gasteiger partial charge in [-0.25, -0.2) is 4.79 Å². The second-order valence-corrected chi connectivity index (χ2v) is 11.7. The minimum absolute atomic E-state index is 0.0968. The molecule has 3 amide bonds. The summed E-state index contributed by atoms with van der Waals surface area (Å²) in [6.07, 6.45) is 1.89. The molecular formula is C38H39N3O7. The normalized spacial score (nSPS) is 20.2. The summed E-state index contributed by atoms with van der Waals surface area (Å²) in [6.45, 7) is 0. The highest BCUT2D eigenvalue weighted by Gasteiger charge is 2.47. The van der Waals surface area contributed by atoms with E-state index in [1.54, 1.807) is 26.4 Å². The minimum atomic E-state index is -0.488. The van der Waals surface area contributed by atoms with Gasteiger partial charge in [0.05, 0.1) is 20.1 Å². The molecule has 2 aliphatic carbocycles. The quantitative estimate of drug-likeness (QED) is 0.172. The van der Waals surface area contributed by atoms with E-state index in [0.29, 0.717) is 17.4 Å². The number of nitrogens with zero attached hydrogens (tertiary/aromatic N) is 1. The zero-order valence-electron chi connectivity index (χ0n) is 26.9. The number of anilines is 2. The van der Waals surface area contributed by atoms with Crippen molar-refractivity contribution in [2.45, 2.75) is 37.5 Å². The number of carbonyl (C=O) groups is 4. The summed E-state index contributed by atoms with van der Waals surface area (Å²) in [6, 6.07) is 34.6. The number of nitrogens with two attached hydrogens (primary N) is 1. The van der Waals surface area contributed by atoms with Crippen LogP contribution in [0.25, 0.3) is 0 Å². The Morgan fingerprint density at radius 3 is 1.62 bits per heavy atom. The molecule has 1 heterocycles. The Hall–Kier alpha value is -5.64. The SMILES string of the molecule is COc1ccc(N)cc1.COc1ccc(NC(=O)C2CC2c2ccccc2)cc1.O=C(ON1C(=O)CCC1=O)C1CC1c1ccccc1. The van der Waals surface area contributed by atoms with Gasteiger partial charge in [0.2, 0.25) is 5.91 Å². The van der Waals surface area contributed by atoms with Gasteiger partial charge in [0.1, 0.15) is 11.5 Å². The minimum Gasteiger partial charge on any atom is -0.497 e. The second kappa shape index (κ2) is 15.8. The van der Waals surface area contributed by atoms with E-state index in [1.807, 2.05) is 84.9 Å². The summed E-state index contributed by atoms with van der Waals surface area (Å²) in [4.78, 5) is 51.6. The van der Waals surface area contributed by atoms with Crippen molar-refractivity contribution < 1.29 is 33.5 Å². The average Bonchev–Trinajstić information content (AvgIpc) is 4.06. The highest BCUT2D eigenvalue weighted by Crippen LogP contribution is 2.49. The first-order chi connectivity index (χ1) is 23.3. The van der Waals surface area contributed by atoms with Crippen molar-refractivity contribution in [3.8, 4) is 11.5 Å². The van der Waals surface area contributed by atoms with Crippen molar-refractivity contribution in [3.05, 3.63) is 120 Å². The van der Waals surface area contributed by atoms with E-state index < -0.39 is 17.8 Å². The van der Waals surface area contributed by atoms with Gasteiger partial charge in [-0.05, 0) is 84.3 Å². The highest BCUT2D eigenvalue weighted by molar-refractivity contribution is 6.01. The van der Waals surface area contributed by atoms with Crippen LogP contribution in [0.5, 0.6) is 11.5 Å². The Balaban J connectivity index is 0.000000151. The molecule has 1 saturated heterocycles. The molecule has 3 N–H and O–H groups in total. The number of rotatable bonds is 8. The molecule has 2 saturated carbocycles. The Morgan fingerprint density at radius 2 is 1.12 bits per heavy atom. The van der Waals surface area contributed by atoms with E-state index in [0.717, 1.165) is 34.9 Å². The largest absolute Gasteiger partial charge is 0.497 e. The summed E-state index contributed by atoms with van der Waals surface area (Å²) in [5.74, 6) is 0.729. The number of ether oxygens (including phenoxy) is 2. The molecular weight excluding hydrogens is 610 g/mol. The molecule has 48 heavy (non-hydrogen) atoms. The van der Waals surface area contributed by atoms with Crippen LogP contribution in [0.2, 0.25) is 0 Å². The highest BCUT2D eigenvalue weighted by atomic mass is 16.7. The van der Waals surface area contributed by atoms with Crippen LogP contribution in [0.1, 0.15) is 48.6 Å². The fourth-order valence-corrected chi connectivity index (χ4v) is 5.41. The topological polar surface area (TPSA) is 137 Å². The number of hydroxylamine groups is 2. The number of hydrogen-bond acceptors (Lipinski definition) is 8. The molecule has 10 heteroatoms. The number of benzene rings is 4. The number of imide groups is 1. The zero-order valence-corrected chi connectivity index (χ0v) is 26.9. The van der Waals surface area contributed by atoms with Crippen LogP contribution < -0.4 is 20.5 Å². The van der Waals surface area contributed by atoms with Gasteiger partial charge in [0.15, 0.2) is 0 Å². The lowest BCUT2D eigenvalue weighted by atomic mass is 10.1. The van der Waals surface area contributed by atoms with Gasteiger partial charge in [-0.2, -0.15) is 0 Å². The van der Waals surface area contributed by atoms with Gasteiger partial charge in [-0.15, -0.1) is 5.06 Å². The molecule has 1 aliphatic heterocycles. The number of hydrogen-bond donors (Lipinski definition) is 2. The first-order valence-electron chi connectivity index (χ1n) is 15.8. The van der Waals surface area contributed by atoms with Crippen LogP contribution in [0, 0.1) is 11.8 Å². The van der Waals surface area contributed by atoms with Gasteiger partial charge in [-0.1, -0.05) is 60.7 Å². The maximum Gasteiger partial charge on any atom is 0.336 e. The molecule has 4 unspecified atom stereocenters. The molecule has 4 aromatic rings. The first kappa shape index (κ1) is 33.7. The van der Waals surface area contributed by atoms with Gasteiger partial charge in [-0.3, -0.25) is 14.4 Å². The first-order valence-corrected chi connectivity index (χ1v) is 15.8. The molecule has 4 atom stereocenters. The van der Waals surface area contributed by atoms with Gasteiger partial charge in [0, 0.05) is 30.1 Å².